The molecule has 2 nitrogen and oxygen atoms in total. The highest BCUT2D eigenvalue weighted by atomic mass is 16.5. The number of ether oxygens (including phenoxy) is 2. The predicted molar refractivity (Wildman–Crippen MR) is 58.8 cm³/mol. The van der Waals surface area contributed by atoms with Gasteiger partial charge in [0.25, 0.3) is 0 Å². The van der Waals surface area contributed by atoms with Crippen molar-refractivity contribution in [2.45, 2.75) is 63.8 Å². The van der Waals surface area contributed by atoms with Crippen molar-refractivity contribution < 1.29 is 9.47 Å². The van der Waals surface area contributed by atoms with E-state index < -0.39 is 0 Å². The van der Waals surface area contributed by atoms with Crippen LogP contribution in [0.25, 0.3) is 0 Å². The molecule has 0 amide bonds. The Kier molecular flexibility index (Phi) is 2.33. The first-order chi connectivity index (χ1) is 7.20. The van der Waals surface area contributed by atoms with Crippen LogP contribution in [-0.4, -0.2) is 24.4 Å². The molecule has 2 bridgehead atoms. The average molecular weight is 210 g/mol. The first-order valence-electron chi connectivity index (χ1n) is 6.49. The molecule has 15 heavy (non-hydrogen) atoms. The van der Waals surface area contributed by atoms with Gasteiger partial charge in [0.1, 0.15) is 0 Å². The van der Waals surface area contributed by atoms with Gasteiger partial charge in [-0.15, -0.1) is 0 Å². The quantitative estimate of drug-likeness (QED) is 0.697. The van der Waals surface area contributed by atoms with Crippen molar-refractivity contribution in [2.24, 2.45) is 11.8 Å². The molecule has 0 aromatic carbocycles. The van der Waals surface area contributed by atoms with E-state index in [0.29, 0.717) is 18.1 Å². The Labute approximate surface area is 92.3 Å². The number of hydrogen-bond donors (Lipinski definition) is 0. The summed E-state index contributed by atoms with van der Waals surface area (Å²) in [5.74, 6) is 1.44. The van der Waals surface area contributed by atoms with E-state index >= 15 is 0 Å². The fourth-order valence-electron chi connectivity index (χ4n) is 3.85. The Morgan fingerprint density at radius 1 is 1.33 bits per heavy atom. The third-order valence-corrected chi connectivity index (χ3v) is 4.49. The predicted octanol–water partition coefficient (Wildman–Crippen LogP) is 2.76. The summed E-state index contributed by atoms with van der Waals surface area (Å²) in [5.41, 5.74) is 0.239. The molecule has 4 atom stereocenters. The van der Waals surface area contributed by atoms with Crippen molar-refractivity contribution in [1.82, 2.24) is 0 Å². The molecule has 0 aliphatic carbocycles. The molecular weight excluding hydrogens is 188 g/mol. The van der Waals surface area contributed by atoms with Gasteiger partial charge in [-0.25, -0.2) is 0 Å². The lowest BCUT2D eigenvalue weighted by atomic mass is 9.71. The molecule has 3 aliphatic rings. The minimum atomic E-state index is 0.239. The highest BCUT2D eigenvalue weighted by Gasteiger charge is 2.57. The van der Waals surface area contributed by atoms with Crippen LogP contribution in [0.15, 0.2) is 0 Å². The maximum absolute atomic E-state index is 6.20. The Bertz CT molecular complexity index is 251. The van der Waals surface area contributed by atoms with Crippen LogP contribution in [0.1, 0.15) is 46.0 Å². The van der Waals surface area contributed by atoms with Crippen molar-refractivity contribution in [1.29, 1.82) is 0 Å². The molecule has 3 heterocycles. The van der Waals surface area contributed by atoms with E-state index in [4.69, 9.17) is 9.47 Å². The molecule has 0 aromatic rings. The summed E-state index contributed by atoms with van der Waals surface area (Å²) in [5, 5.41) is 0. The summed E-state index contributed by atoms with van der Waals surface area (Å²) in [7, 11) is 0. The van der Waals surface area contributed by atoms with E-state index in [1.807, 2.05) is 0 Å². The van der Waals surface area contributed by atoms with Crippen molar-refractivity contribution in [3.63, 3.8) is 0 Å². The van der Waals surface area contributed by atoms with Gasteiger partial charge in [-0.2, -0.15) is 0 Å². The van der Waals surface area contributed by atoms with Crippen LogP contribution in [0, 0.1) is 11.8 Å². The zero-order chi connectivity index (χ0) is 10.5. The van der Waals surface area contributed by atoms with Gasteiger partial charge in [0.2, 0.25) is 0 Å². The minimum absolute atomic E-state index is 0.239. The average Bonchev–Trinajstić information content (AvgIpc) is 2.73. The lowest BCUT2D eigenvalue weighted by Gasteiger charge is -2.42. The Hall–Kier alpha value is -0.0800. The second-order valence-electron chi connectivity index (χ2n) is 5.97. The van der Waals surface area contributed by atoms with Crippen molar-refractivity contribution in [3.8, 4) is 0 Å². The fraction of sp³-hybridized carbons (Fsp3) is 1.00. The van der Waals surface area contributed by atoms with Gasteiger partial charge < -0.3 is 9.47 Å². The van der Waals surface area contributed by atoms with Gasteiger partial charge in [-0.1, -0.05) is 13.8 Å². The first-order valence-corrected chi connectivity index (χ1v) is 6.49. The molecule has 0 N–H and O–H groups in total. The number of rotatable bonds is 2. The summed E-state index contributed by atoms with van der Waals surface area (Å²) in [6.07, 6.45) is 7.24. The Balaban J connectivity index is 1.77. The zero-order valence-corrected chi connectivity index (χ0v) is 9.87. The third-order valence-electron chi connectivity index (χ3n) is 4.49. The molecule has 3 fully saturated rings. The van der Waals surface area contributed by atoms with Crippen LogP contribution in [-0.2, 0) is 9.47 Å². The summed E-state index contributed by atoms with van der Waals surface area (Å²) in [4.78, 5) is 0. The normalized spacial score (nSPS) is 48.6. The minimum Gasteiger partial charge on any atom is -0.378 e. The molecule has 0 aromatic heterocycles. The topological polar surface area (TPSA) is 18.5 Å². The summed E-state index contributed by atoms with van der Waals surface area (Å²) >= 11 is 0. The molecule has 2 heteroatoms. The molecular formula is C13H22O2. The molecule has 3 saturated heterocycles. The second-order valence-corrected chi connectivity index (χ2v) is 5.97. The van der Waals surface area contributed by atoms with E-state index in [1.165, 1.54) is 25.7 Å². The first kappa shape index (κ1) is 10.1. The van der Waals surface area contributed by atoms with Gasteiger partial charge in [0.15, 0.2) is 0 Å². The zero-order valence-electron chi connectivity index (χ0n) is 9.87. The monoisotopic (exact) mass is 210 g/mol. The molecule has 3 aliphatic heterocycles. The van der Waals surface area contributed by atoms with E-state index in [-0.39, 0.29) is 5.60 Å². The molecule has 3 rings (SSSR count). The Morgan fingerprint density at radius 2 is 2.20 bits per heavy atom. The maximum atomic E-state index is 6.20. The van der Waals surface area contributed by atoms with E-state index in [2.05, 4.69) is 13.8 Å². The number of fused-ring (bicyclic) bond motifs is 1. The Morgan fingerprint density at radius 3 is 2.93 bits per heavy atom. The summed E-state index contributed by atoms with van der Waals surface area (Å²) < 4.78 is 12.2. The lowest BCUT2D eigenvalue weighted by molar-refractivity contribution is -0.131. The lowest BCUT2D eigenvalue weighted by Crippen LogP contribution is -2.47. The highest BCUT2D eigenvalue weighted by molar-refractivity contribution is 5.06. The largest absolute Gasteiger partial charge is 0.378 e. The maximum Gasteiger partial charge on any atom is 0.0762 e. The third kappa shape index (κ3) is 1.53. The van der Waals surface area contributed by atoms with Crippen molar-refractivity contribution in [2.75, 3.05) is 6.61 Å². The van der Waals surface area contributed by atoms with Gasteiger partial charge in [-0.3, -0.25) is 0 Å². The van der Waals surface area contributed by atoms with Gasteiger partial charge >= 0.3 is 0 Å². The second kappa shape index (κ2) is 3.46. The summed E-state index contributed by atoms with van der Waals surface area (Å²) in [6.45, 7) is 5.50. The molecule has 0 unspecified atom stereocenters. The van der Waals surface area contributed by atoms with Crippen molar-refractivity contribution >= 4 is 0 Å². The standard InChI is InChI=1S/C13H22O2/c1-9(2)7-12-11-8-10-3-4-13(11,15-10)5-6-14-12/h9-12H,3-8H2,1-2H3/t10-,11+,12-,13-/m1/s1. The molecule has 0 radical (unpaired) electrons. The van der Waals surface area contributed by atoms with Crippen LogP contribution in [0.2, 0.25) is 0 Å². The van der Waals surface area contributed by atoms with E-state index in [0.717, 1.165) is 18.9 Å². The van der Waals surface area contributed by atoms with Crippen molar-refractivity contribution in [3.05, 3.63) is 0 Å². The van der Waals surface area contributed by atoms with E-state index in [1.54, 1.807) is 0 Å². The van der Waals surface area contributed by atoms with Crippen LogP contribution < -0.4 is 0 Å². The highest BCUT2D eigenvalue weighted by Crippen LogP contribution is 2.54. The van der Waals surface area contributed by atoms with Gasteiger partial charge in [-0.05, 0) is 31.6 Å². The van der Waals surface area contributed by atoms with E-state index in [9.17, 15) is 0 Å². The van der Waals surface area contributed by atoms with Crippen LogP contribution in [0.3, 0.4) is 0 Å². The molecule has 1 spiro atoms. The SMILES string of the molecule is CC(C)C[C@H]1OCC[C@]23CC[C@H](C[C@@H]12)O3. The van der Waals surface area contributed by atoms with Crippen LogP contribution in [0.4, 0.5) is 0 Å². The van der Waals surface area contributed by atoms with Gasteiger partial charge in [0.05, 0.1) is 17.8 Å². The summed E-state index contributed by atoms with van der Waals surface area (Å²) in [6, 6.07) is 0. The van der Waals surface area contributed by atoms with Gasteiger partial charge in [0, 0.05) is 18.9 Å². The van der Waals surface area contributed by atoms with Crippen LogP contribution >= 0.6 is 0 Å². The van der Waals surface area contributed by atoms with Crippen LogP contribution in [0.5, 0.6) is 0 Å². The smallest absolute Gasteiger partial charge is 0.0762 e. The molecule has 86 valence electrons. The molecule has 0 saturated carbocycles. The fourth-order valence-corrected chi connectivity index (χ4v) is 3.85. The number of hydrogen-bond acceptors (Lipinski definition) is 2.